The summed E-state index contributed by atoms with van der Waals surface area (Å²) in [5, 5.41) is 17.2. The van der Waals surface area contributed by atoms with E-state index in [0.717, 1.165) is 29.7 Å². The maximum Gasteiger partial charge on any atom is 0.253 e. The van der Waals surface area contributed by atoms with Crippen LogP contribution in [0, 0.1) is 5.92 Å². The van der Waals surface area contributed by atoms with Crippen molar-refractivity contribution in [3.05, 3.63) is 107 Å². The summed E-state index contributed by atoms with van der Waals surface area (Å²) in [5.41, 5.74) is 4.77. The summed E-state index contributed by atoms with van der Waals surface area (Å²) in [4.78, 5) is 13.1. The van der Waals surface area contributed by atoms with Gasteiger partial charge in [0.15, 0.2) is 0 Å². The van der Waals surface area contributed by atoms with Crippen LogP contribution in [-0.2, 0) is 6.42 Å². The first-order valence-corrected chi connectivity index (χ1v) is 10.9. The number of allylic oxidation sites excluding steroid dienone is 2. The van der Waals surface area contributed by atoms with Gasteiger partial charge in [-0.15, -0.1) is 0 Å². The smallest absolute Gasteiger partial charge is 0.253 e. The first kappa shape index (κ1) is 19.4. The van der Waals surface area contributed by atoms with Gasteiger partial charge in [-0.25, -0.2) is 0 Å². The van der Waals surface area contributed by atoms with E-state index in [4.69, 9.17) is 0 Å². The number of fused-ring (bicyclic) bond motifs is 3. The molecular formula is C27H26N2O2. The fourth-order valence-electron chi connectivity index (χ4n) is 4.93. The number of benzene rings is 3. The second kappa shape index (κ2) is 8.31. The Morgan fingerprint density at radius 1 is 0.968 bits per heavy atom. The number of anilines is 1. The largest absolute Gasteiger partial charge is 0.508 e. The Morgan fingerprint density at radius 3 is 2.58 bits per heavy atom. The van der Waals surface area contributed by atoms with Gasteiger partial charge in [-0.3, -0.25) is 4.79 Å². The number of carbonyl (C=O) groups is 1. The monoisotopic (exact) mass is 410 g/mol. The number of phenols is 1. The molecular weight excluding hydrogens is 384 g/mol. The van der Waals surface area contributed by atoms with E-state index in [1.165, 1.54) is 5.56 Å². The molecule has 1 amide bonds. The highest BCUT2D eigenvalue weighted by Crippen LogP contribution is 2.51. The first-order chi connectivity index (χ1) is 15.2. The molecule has 0 fully saturated rings. The molecule has 0 aromatic heterocycles. The number of rotatable bonds is 5. The van der Waals surface area contributed by atoms with Crippen molar-refractivity contribution < 1.29 is 9.90 Å². The van der Waals surface area contributed by atoms with Gasteiger partial charge < -0.3 is 15.7 Å². The van der Waals surface area contributed by atoms with E-state index in [1.807, 2.05) is 48.5 Å². The Bertz CT molecular complexity index is 1120. The molecule has 3 atom stereocenters. The van der Waals surface area contributed by atoms with Crippen molar-refractivity contribution in [2.45, 2.75) is 24.8 Å². The van der Waals surface area contributed by atoms with Crippen molar-refractivity contribution in [3.63, 3.8) is 0 Å². The number of hydrogen-bond donors (Lipinski definition) is 3. The van der Waals surface area contributed by atoms with Crippen LogP contribution in [0.4, 0.5) is 5.69 Å². The van der Waals surface area contributed by atoms with Gasteiger partial charge in [0.25, 0.3) is 5.91 Å². The van der Waals surface area contributed by atoms with E-state index in [9.17, 15) is 9.90 Å². The van der Waals surface area contributed by atoms with Crippen LogP contribution in [0.25, 0.3) is 0 Å². The highest BCUT2D eigenvalue weighted by molar-refractivity contribution is 6.00. The van der Waals surface area contributed by atoms with Gasteiger partial charge in [-0.05, 0) is 42.0 Å². The second-order valence-electron chi connectivity index (χ2n) is 8.30. The molecule has 0 spiro atoms. The summed E-state index contributed by atoms with van der Waals surface area (Å²) in [5.74, 6) is 0.769. The summed E-state index contributed by atoms with van der Waals surface area (Å²) in [7, 11) is 0. The van der Waals surface area contributed by atoms with Gasteiger partial charge in [0, 0.05) is 18.0 Å². The van der Waals surface area contributed by atoms with Crippen LogP contribution in [0.15, 0.2) is 84.9 Å². The molecule has 3 aromatic rings. The Labute approximate surface area is 182 Å². The molecule has 4 heteroatoms. The standard InChI is InChI=1S/C27H26N2O2/c30-24-15-5-4-10-22(24)25-20-12-6-11-19(20)21-13-7-14-23(26(21)29-25)27(31)28-17-16-18-8-2-1-3-9-18/h1-11,13-15,19-20,25,29-30H,12,16-17H2,(H,28,31). The molecule has 3 N–H and O–H groups in total. The lowest BCUT2D eigenvalue weighted by Gasteiger charge is -2.38. The van der Waals surface area contributed by atoms with Gasteiger partial charge in [-0.2, -0.15) is 0 Å². The first-order valence-electron chi connectivity index (χ1n) is 10.9. The van der Waals surface area contributed by atoms with Crippen LogP contribution in [0.3, 0.4) is 0 Å². The molecule has 0 saturated heterocycles. The third-order valence-electron chi connectivity index (χ3n) is 6.46. The molecule has 0 saturated carbocycles. The van der Waals surface area contributed by atoms with Crippen molar-refractivity contribution in [2.75, 3.05) is 11.9 Å². The quantitative estimate of drug-likeness (QED) is 0.507. The average molecular weight is 411 g/mol. The van der Waals surface area contributed by atoms with Crippen LogP contribution < -0.4 is 10.6 Å². The molecule has 1 aliphatic heterocycles. The maximum absolute atomic E-state index is 13.1. The van der Waals surface area contributed by atoms with Crippen LogP contribution >= 0.6 is 0 Å². The molecule has 1 aliphatic carbocycles. The van der Waals surface area contributed by atoms with E-state index < -0.39 is 0 Å². The fraction of sp³-hybridized carbons (Fsp3) is 0.222. The average Bonchev–Trinajstić information content (AvgIpc) is 3.30. The SMILES string of the molecule is O=C(NCCc1ccccc1)c1cccc2c1NC(c1ccccc1O)C1CC=CC21. The summed E-state index contributed by atoms with van der Waals surface area (Å²) >= 11 is 0. The minimum absolute atomic E-state index is 0.0491. The number of aromatic hydroxyl groups is 1. The van der Waals surface area contributed by atoms with E-state index in [-0.39, 0.29) is 17.9 Å². The Kier molecular flexibility index (Phi) is 5.21. The van der Waals surface area contributed by atoms with Gasteiger partial charge in [0.05, 0.1) is 17.3 Å². The van der Waals surface area contributed by atoms with Crippen molar-refractivity contribution in [1.82, 2.24) is 5.32 Å². The molecule has 31 heavy (non-hydrogen) atoms. The number of nitrogens with one attached hydrogen (secondary N) is 2. The fourth-order valence-corrected chi connectivity index (χ4v) is 4.93. The van der Waals surface area contributed by atoms with E-state index in [0.29, 0.717) is 23.8 Å². The van der Waals surface area contributed by atoms with Crippen molar-refractivity contribution in [1.29, 1.82) is 0 Å². The molecule has 156 valence electrons. The number of phenolic OH excluding ortho intramolecular Hbond substituents is 1. The molecule has 4 nitrogen and oxygen atoms in total. The zero-order valence-corrected chi connectivity index (χ0v) is 17.3. The lowest BCUT2D eigenvalue weighted by atomic mass is 9.76. The highest BCUT2D eigenvalue weighted by atomic mass is 16.3. The van der Waals surface area contributed by atoms with Gasteiger partial charge in [0.1, 0.15) is 5.75 Å². The number of hydrogen-bond acceptors (Lipinski definition) is 3. The Balaban J connectivity index is 1.42. The predicted molar refractivity (Wildman–Crippen MR) is 123 cm³/mol. The van der Waals surface area contributed by atoms with Crippen molar-refractivity contribution >= 4 is 11.6 Å². The summed E-state index contributed by atoms with van der Waals surface area (Å²) in [6.45, 7) is 0.585. The van der Waals surface area contributed by atoms with Crippen molar-refractivity contribution in [3.8, 4) is 5.75 Å². The lowest BCUT2D eigenvalue weighted by molar-refractivity contribution is 0.0954. The van der Waals surface area contributed by atoms with Gasteiger partial charge >= 0.3 is 0 Å². The van der Waals surface area contributed by atoms with Crippen molar-refractivity contribution in [2.24, 2.45) is 5.92 Å². The zero-order valence-electron chi connectivity index (χ0n) is 17.3. The topological polar surface area (TPSA) is 61.4 Å². The third kappa shape index (κ3) is 3.70. The second-order valence-corrected chi connectivity index (χ2v) is 8.30. The molecule has 2 aliphatic rings. The third-order valence-corrected chi connectivity index (χ3v) is 6.46. The summed E-state index contributed by atoms with van der Waals surface area (Å²) in [6.07, 6.45) is 6.20. The highest BCUT2D eigenvalue weighted by Gasteiger charge is 2.40. The summed E-state index contributed by atoms with van der Waals surface area (Å²) < 4.78 is 0. The van der Waals surface area contributed by atoms with Gasteiger partial charge in [-0.1, -0.05) is 72.8 Å². The Hall–Kier alpha value is -3.53. The molecule has 3 unspecified atom stereocenters. The molecule has 0 bridgehead atoms. The van der Waals surface area contributed by atoms with E-state index in [1.54, 1.807) is 6.07 Å². The van der Waals surface area contributed by atoms with E-state index in [2.05, 4.69) is 41.0 Å². The van der Waals surface area contributed by atoms with E-state index >= 15 is 0 Å². The van der Waals surface area contributed by atoms with Gasteiger partial charge in [0.2, 0.25) is 0 Å². The van der Waals surface area contributed by atoms with Crippen LogP contribution in [-0.4, -0.2) is 17.6 Å². The number of para-hydroxylation sites is 2. The molecule has 1 heterocycles. The maximum atomic E-state index is 13.1. The number of amides is 1. The van der Waals surface area contributed by atoms with Crippen LogP contribution in [0.5, 0.6) is 5.75 Å². The predicted octanol–water partition coefficient (Wildman–Crippen LogP) is 5.19. The lowest BCUT2D eigenvalue weighted by Crippen LogP contribution is -2.32. The van der Waals surface area contributed by atoms with Crippen LogP contribution in [0.1, 0.15) is 45.4 Å². The summed E-state index contributed by atoms with van der Waals surface area (Å²) in [6, 6.07) is 23.6. The molecule has 5 rings (SSSR count). The zero-order chi connectivity index (χ0) is 21.2. The number of carbonyl (C=O) groups excluding carboxylic acids is 1. The Morgan fingerprint density at radius 2 is 1.74 bits per heavy atom. The molecule has 3 aromatic carbocycles. The minimum Gasteiger partial charge on any atom is -0.508 e. The molecule has 0 radical (unpaired) electrons. The normalized spacial score (nSPS) is 21.1. The minimum atomic E-state index is -0.0725. The van der Waals surface area contributed by atoms with Crippen LogP contribution in [0.2, 0.25) is 0 Å².